The maximum absolute atomic E-state index is 12.9. The summed E-state index contributed by atoms with van der Waals surface area (Å²) in [6, 6.07) is 0.894. The number of halogens is 3. The van der Waals surface area contributed by atoms with Gasteiger partial charge in [0.25, 0.3) is 0 Å². The molecule has 2 rings (SSSR count). The first-order valence-corrected chi connectivity index (χ1v) is 5.49. The molecule has 8 heteroatoms. The number of nitrogens with zero attached hydrogens (tertiary/aromatic N) is 2. The third-order valence-electron chi connectivity index (χ3n) is 2.60. The van der Waals surface area contributed by atoms with Gasteiger partial charge in [-0.1, -0.05) is 0 Å². The molecule has 2 unspecified atom stereocenters. The van der Waals surface area contributed by atoms with E-state index in [0.717, 1.165) is 23.2 Å². The van der Waals surface area contributed by atoms with Crippen molar-refractivity contribution in [1.29, 1.82) is 0 Å². The average molecular weight is 278 g/mol. The summed E-state index contributed by atoms with van der Waals surface area (Å²) in [5, 5.41) is 8.66. The lowest BCUT2D eigenvalue weighted by Gasteiger charge is -2.20. The van der Waals surface area contributed by atoms with Crippen LogP contribution in [-0.2, 0) is 5.38 Å². The van der Waals surface area contributed by atoms with E-state index >= 15 is 0 Å². The number of nitrogens with one attached hydrogen (secondary N) is 1. The van der Waals surface area contributed by atoms with Gasteiger partial charge in [-0.25, -0.2) is 14.7 Å². The first-order chi connectivity index (χ1) is 8.30. The molecule has 5 nitrogen and oxygen atoms in total. The van der Waals surface area contributed by atoms with Crippen molar-refractivity contribution >= 4 is 23.4 Å². The number of urea groups is 1. The van der Waals surface area contributed by atoms with Crippen LogP contribution in [0, 0.1) is 0 Å². The minimum Gasteiger partial charge on any atom is -0.371 e. The van der Waals surface area contributed by atoms with E-state index in [9.17, 15) is 18.7 Å². The molecule has 2 heterocycles. The van der Waals surface area contributed by atoms with Crippen LogP contribution in [0.25, 0.3) is 0 Å². The van der Waals surface area contributed by atoms with Crippen LogP contribution >= 0.6 is 11.6 Å². The van der Waals surface area contributed by atoms with Crippen LogP contribution in [0.1, 0.15) is 12.5 Å². The fourth-order valence-corrected chi connectivity index (χ4v) is 1.77. The van der Waals surface area contributed by atoms with Crippen LogP contribution in [0.3, 0.4) is 0 Å². The maximum atomic E-state index is 12.9. The van der Waals surface area contributed by atoms with Crippen molar-refractivity contribution in [3.63, 3.8) is 0 Å². The monoisotopic (exact) mass is 277 g/mol. The highest BCUT2D eigenvalue weighted by Crippen LogP contribution is 2.34. The summed E-state index contributed by atoms with van der Waals surface area (Å²) in [4.78, 5) is 16.2. The minimum atomic E-state index is -3.55. The molecule has 1 aromatic heterocycles. The van der Waals surface area contributed by atoms with E-state index in [1.54, 1.807) is 6.92 Å². The van der Waals surface area contributed by atoms with Crippen molar-refractivity contribution in [1.82, 2.24) is 10.3 Å². The highest BCUT2D eigenvalue weighted by Gasteiger charge is 2.38. The van der Waals surface area contributed by atoms with E-state index in [-0.39, 0.29) is 5.82 Å². The lowest BCUT2D eigenvalue weighted by molar-refractivity contribution is 0.0949. The van der Waals surface area contributed by atoms with Crippen molar-refractivity contribution < 1.29 is 18.7 Å². The second-order valence-electron chi connectivity index (χ2n) is 3.92. The number of amides is 2. The molecular formula is C10H10ClF2N3O2. The Balaban J connectivity index is 2.37. The van der Waals surface area contributed by atoms with Crippen LogP contribution in [-0.4, -0.2) is 28.4 Å². The number of alkyl halides is 3. The molecule has 98 valence electrons. The number of aliphatic hydroxyl groups excluding tert-OH is 1. The lowest BCUT2D eigenvalue weighted by Crippen LogP contribution is -2.36. The molecule has 2 N–H and O–H groups in total. The summed E-state index contributed by atoms with van der Waals surface area (Å²) in [5.41, 5.74) is -0.492. The SMILES string of the molecule is CC1NC(=O)N(c2cc(C(F)(F)Cl)ccn2)C1O. The number of pyridine rings is 1. The Morgan fingerprint density at radius 3 is 2.78 bits per heavy atom. The molecule has 1 aliphatic rings. The first kappa shape index (κ1) is 13.0. The number of aromatic nitrogens is 1. The smallest absolute Gasteiger partial charge is 0.348 e. The van der Waals surface area contributed by atoms with Crippen LogP contribution in [0.2, 0.25) is 0 Å². The largest absolute Gasteiger partial charge is 0.371 e. The quantitative estimate of drug-likeness (QED) is 0.807. The minimum absolute atomic E-state index is 0.0813. The molecule has 1 aliphatic heterocycles. The number of hydrogen-bond donors (Lipinski definition) is 2. The molecule has 18 heavy (non-hydrogen) atoms. The van der Waals surface area contributed by atoms with E-state index in [1.807, 2.05) is 0 Å². The molecule has 1 aromatic rings. The predicted octanol–water partition coefficient (Wildman–Crippen LogP) is 1.61. The standard InChI is InChI=1S/C10H10ClF2N3O2/c1-5-8(17)16(9(18)15-5)7-4-6(2-3-14-7)10(11,12)13/h2-5,8,17H,1H3,(H,15,18). The van der Waals surface area contributed by atoms with Gasteiger partial charge in [0, 0.05) is 11.8 Å². The average Bonchev–Trinajstić information content (AvgIpc) is 2.52. The van der Waals surface area contributed by atoms with E-state index in [4.69, 9.17) is 11.6 Å². The molecule has 0 spiro atoms. The molecule has 2 atom stereocenters. The third kappa shape index (κ3) is 2.23. The molecule has 0 aliphatic carbocycles. The molecule has 0 saturated carbocycles. The fraction of sp³-hybridized carbons (Fsp3) is 0.400. The van der Waals surface area contributed by atoms with Gasteiger partial charge in [-0.05, 0) is 30.7 Å². The Labute approximate surface area is 106 Å². The topological polar surface area (TPSA) is 65.5 Å². The lowest BCUT2D eigenvalue weighted by atomic mass is 10.2. The molecule has 0 bridgehead atoms. The Kier molecular flexibility index (Phi) is 3.12. The fourth-order valence-electron chi connectivity index (χ4n) is 1.65. The van der Waals surface area contributed by atoms with Gasteiger partial charge in [-0.15, -0.1) is 0 Å². The predicted molar refractivity (Wildman–Crippen MR) is 60.5 cm³/mol. The highest BCUT2D eigenvalue weighted by molar-refractivity contribution is 6.21. The van der Waals surface area contributed by atoms with Crippen molar-refractivity contribution in [3.05, 3.63) is 23.9 Å². The molecule has 2 amide bonds. The summed E-state index contributed by atoms with van der Waals surface area (Å²) in [6.45, 7) is 1.59. The number of carbonyl (C=O) groups is 1. The molecular weight excluding hydrogens is 268 g/mol. The Hall–Kier alpha value is -1.47. The zero-order chi connectivity index (χ0) is 13.5. The zero-order valence-electron chi connectivity index (χ0n) is 9.27. The van der Waals surface area contributed by atoms with Gasteiger partial charge in [0.2, 0.25) is 0 Å². The van der Waals surface area contributed by atoms with Gasteiger partial charge >= 0.3 is 11.4 Å². The number of carbonyl (C=O) groups excluding carboxylic acids is 1. The van der Waals surface area contributed by atoms with E-state index in [1.165, 1.54) is 0 Å². The maximum Gasteiger partial charge on any atom is 0.348 e. The van der Waals surface area contributed by atoms with Crippen LogP contribution in [0.5, 0.6) is 0 Å². The Bertz CT molecular complexity index is 480. The van der Waals surface area contributed by atoms with Crippen LogP contribution < -0.4 is 10.2 Å². The van der Waals surface area contributed by atoms with Gasteiger partial charge in [-0.2, -0.15) is 8.78 Å². The van der Waals surface area contributed by atoms with Gasteiger partial charge in [0.05, 0.1) is 6.04 Å². The van der Waals surface area contributed by atoms with Crippen molar-refractivity contribution in [2.75, 3.05) is 4.90 Å². The number of rotatable bonds is 2. The van der Waals surface area contributed by atoms with Gasteiger partial charge < -0.3 is 10.4 Å². The van der Waals surface area contributed by atoms with Crippen molar-refractivity contribution in [2.45, 2.75) is 24.6 Å². The van der Waals surface area contributed by atoms with E-state index in [2.05, 4.69) is 10.3 Å². The Morgan fingerprint density at radius 1 is 1.61 bits per heavy atom. The molecule has 1 fully saturated rings. The highest BCUT2D eigenvalue weighted by atomic mass is 35.5. The third-order valence-corrected chi connectivity index (χ3v) is 2.82. The second kappa shape index (κ2) is 4.33. The molecule has 1 saturated heterocycles. The summed E-state index contributed by atoms with van der Waals surface area (Å²) in [5.74, 6) is -0.0813. The summed E-state index contributed by atoms with van der Waals surface area (Å²) < 4.78 is 25.9. The van der Waals surface area contributed by atoms with Crippen molar-refractivity contribution in [2.24, 2.45) is 0 Å². The molecule has 0 aromatic carbocycles. The number of anilines is 1. The van der Waals surface area contributed by atoms with E-state index in [0.29, 0.717) is 0 Å². The summed E-state index contributed by atoms with van der Waals surface area (Å²) in [6.07, 6.45) is -0.0616. The Morgan fingerprint density at radius 2 is 2.28 bits per heavy atom. The van der Waals surface area contributed by atoms with Gasteiger partial charge in [-0.3, -0.25) is 0 Å². The normalized spacial score (nSPS) is 24.3. The van der Waals surface area contributed by atoms with Gasteiger partial charge in [0.1, 0.15) is 5.82 Å². The van der Waals surface area contributed by atoms with Crippen LogP contribution in [0.4, 0.5) is 19.4 Å². The van der Waals surface area contributed by atoms with Crippen LogP contribution in [0.15, 0.2) is 18.3 Å². The summed E-state index contributed by atoms with van der Waals surface area (Å²) >= 11 is 4.90. The van der Waals surface area contributed by atoms with Crippen molar-refractivity contribution in [3.8, 4) is 0 Å². The zero-order valence-corrected chi connectivity index (χ0v) is 10.0. The van der Waals surface area contributed by atoms with E-state index < -0.39 is 29.2 Å². The second-order valence-corrected chi connectivity index (χ2v) is 4.40. The number of hydrogen-bond acceptors (Lipinski definition) is 3. The first-order valence-electron chi connectivity index (χ1n) is 5.12. The number of aliphatic hydroxyl groups is 1. The summed E-state index contributed by atoms with van der Waals surface area (Å²) in [7, 11) is 0. The van der Waals surface area contributed by atoms with Gasteiger partial charge in [0.15, 0.2) is 6.23 Å². The molecule has 0 radical (unpaired) electrons.